The minimum absolute atomic E-state index is 0.201. The van der Waals surface area contributed by atoms with Crippen molar-refractivity contribution in [3.8, 4) is 0 Å². The maximum absolute atomic E-state index is 12.2. The topological polar surface area (TPSA) is 110 Å². The highest BCUT2D eigenvalue weighted by atomic mass is 32.2. The van der Waals surface area contributed by atoms with Crippen molar-refractivity contribution in [2.24, 2.45) is 11.7 Å². The lowest BCUT2D eigenvalue weighted by Crippen LogP contribution is -2.61. The van der Waals surface area contributed by atoms with Gasteiger partial charge in [0.2, 0.25) is 5.91 Å². The van der Waals surface area contributed by atoms with Gasteiger partial charge in [-0.25, -0.2) is 4.79 Å². The van der Waals surface area contributed by atoms with Crippen molar-refractivity contribution in [1.29, 1.82) is 0 Å². The predicted molar refractivity (Wildman–Crippen MR) is 80.6 cm³/mol. The first kappa shape index (κ1) is 17.0. The van der Waals surface area contributed by atoms with Crippen LogP contribution in [0, 0.1) is 5.92 Å². The summed E-state index contributed by atoms with van der Waals surface area (Å²) in [5.74, 6) is -1.09. The van der Waals surface area contributed by atoms with Crippen molar-refractivity contribution in [2.75, 3.05) is 18.9 Å². The number of β-lactam (4-membered cyclic amide) rings is 1. The Labute approximate surface area is 132 Å². The Morgan fingerprint density at radius 1 is 1.55 bits per heavy atom. The van der Waals surface area contributed by atoms with Crippen molar-refractivity contribution in [3.05, 3.63) is 10.6 Å². The van der Waals surface area contributed by atoms with E-state index in [2.05, 4.69) is 0 Å². The molecule has 7 nitrogen and oxygen atoms in total. The molecule has 0 spiro atoms. The largest absolute Gasteiger partial charge is 0.453 e. The van der Waals surface area contributed by atoms with E-state index in [9.17, 15) is 19.5 Å². The van der Waals surface area contributed by atoms with Crippen LogP contribution < -0.4 is 5.73 Å². The van der Waals surface area contributed by atoms with E-state index in [-0.39, 0.29) is 30.0 Å². The molecule has 0 aromatic rings. The molecule has 8 heteroatoms. The zero-order chi connectivity index (χ0) is 16.4. The quantitative estimate of drug-likeness (QED) is 0.485. The number of ketones is 1. The molecule has 1 saturated heterocycles. The number of ether oxygens (including phenoxy) is 1. The Kier molecular flexibility index (Phi) is 5.25. The number of nitrogens with zero attached hydrogens (tertiary/aromatic N) is 1. The van der Waals surface area contributed by atoms with Gasteiger partial charge in [-0.1, -0.05) is 0 Å². The molecule has 2 heterocycles. The standard InChI is InChI=1S/C14H20N2O5S/c1-7(17)6-21-14(20)12-10(22-4-3-15)5-9-11(8(2)18)13(19)16(9)12/h8-9,11,18H,3-6,15H2,1-2H3/t8-,9-,11-/m1/s1. The Morgan fingerprint density at radius 3 is 2.77 bits per heavy atom. The lowest BCUT2D eigenvalue weighted by molar-refractivity contribution is -0.162. The van der Waals surface area contributed by atoms with E-state index in [1.165, 1.54) is 23.6 Å². The Morgan fingerprint density at radius 2 is 2.23 bits per heavy atom. The molecule has 0 radical (unpaired) electrons. The van der Waals surface area contributed by atoms with Gasteiger partial charge in [0.1, 0.15) is 12.3 Å². The molecule has 2 aliphatic rings. The number of nitrogens with two attached hydrogens (primary N) is 1. The number of esters is 1. The highest BCUT2D eigenvalue weighted by molar-refractivity contribution is 8.03. The first-order valence-corrected chi connectivity index (χ1v) is 8.10. The summed E-state index contributed by atoms with van der Waals surface area (Å²) in [6.45, 7) is 3.02. The van der Waals surface area contributed by atoms with Crippen LogP contribution >= 0.6 is 11.8 Å². The number of aliphatic hydroxyl groups is 1. The summed E-state index contributed by atoms with van der Waals surface area (Å²) in [5.41, 5.74) is 5.69. The second kappa shape index (κ2) is 6.80. The monoisotopic (exact) mass is 328 g/mol. The van der Waals surface area contributed by atoms with Crippen LogP contribution in [0.25, 0.3) is 0 Å². The van der Waals surface area contributed by atoms with Crippen molar-refractivity contribution < 1.29 is 24.2 Å². The molecular formula is C14H20N2O5S. The van der Waals surface area contributed by atoms with E-state index in [0.717, 1.165) is 4.91 Å². The first-order chi connectivity index (χ1) is 10.4. The fourth-order valence-corrected chi connectivity index (χ4v) is 3.74. The van der Waals surface area contributed by atoms with Gasteiger partial charge in [0.25, 0.3) is 0 Å². The van der Waals surface area contributed by atoms with Crippen molar-refractivity contribution in [3.63, 3.8) is 0 Å². The Hall–Kier alpha value is -1.38. The third kappa shape index (κ3) is 3.04. The molecule has 3 N–H and O–H groups in total. The van der Waals surface area contributed by atoms with Gasteiger partial charge in [0.15, 0.2) is 5.78 Å². The Bertz CT molecular complexity index is 531. The molecule has 0 aromatic heterocycles. The zero-order valence-electron chi connectivity index (χ0n) is 12.6. The molecule has 0 unspecified atom stereocenters. The van der Waals surface area contributed by atoms with Gasteiger partial charge in [-0.3, -0.25) is 9.59 Å². The average molecular weight is 328 g/mol. The fraction of sp³-hybridized carbons (Fsp3) is 0.643. The van der Waals surface area contributed by atoms with E-state index in [0.29, 0.717) is 18.7 Å². The third-order valence-electron chi connectivity index (χ3n) is 3.68. The maximum atomic E-state index is 12.2. The van der Waals surface area contributed by atoms with Crippen LogP contribution in [0.4, 0.5) is 0 Å². The van der Waals surface area contributed by atoms with Crippen LogP contribution in [0.5, 0.6) is 0 Å². The van der Waals surface area contributed by atoms with E-state index in [4.69, 9.17) is 10.5 Å². The molecule has 0 bridgehead atoms. The summed E-state index contributed by atoms with van der Waals surface area (Å²) in [6, 6.07) is -0.215. The molecule has 0 saturated carbocycles. The molecule has 3 atom stereocenters. The zero-order valence-corrected chi connectivity index (χ0v) is 13.4. The molecule has 122 valence electrons. The minimum Gasteiger partial charge on any atom is -0.453 e. The smallest absolute Gasteiger partial charge is 0.356 e. The lowest BCUT2D eigenvalue weighted by atomic mass is 9.83. The lowest BCUT2D eigenvalue weighted by Gasteiger charge is -2.44. The summed E-state index contributed by atoms with van der Waals surface area (Å²) < 4.78 is 4.95. The second-order valence-corrected chi connectivity index (χ2v) is 6.62. The number of thioether (sulfide) groups is 1. The maximum Gasteiger partial charge on any atom is 0.356 e. The number of aliphatic hydroxyl groups excluding tert-OH is 1. The van der Waals surface area contributed by atoms with Crippen LogP contribution in [0.2, 0.25) is 0 Å². The van der Waals surface area contributed by atoms with Gasteiger partial charge >= 0.3 is 5.97 Å². The molecule has 0 aromatic carbocycles. The average Bonchev–Trinajstić information content (AvgIpc) is 2.76. The molecular weight excluding hydrogens is 308 g/mol. The number of hydrogen-bond donors (Lipinski definition) is 2. The van der Waals surface area contributed by atoms with Gasteiger partial charge in [-0.05, 0) is 13.8 Å². The minimum atomic E-state index is -0.762. The second-order valence-electron chi connectivity index (χ2n) is 5.43. The molecule has 2 rings (SSSR count). The van der Waals surface area contributed by atoms with Gasteiger partial charge in [0, 0.05) is 23.6 Å². The summed E-state index contributed by atoms with van der Waals surface area (Å²) in [5, 5.41) is 9.70. The van der Waals surface area contributed by atoms with Crippen molar-refractivity contribution >= 4 is 29.4 Å². The highest BCUT2D eigenvalue weighted by Gasteiger charge is 2.56. The molecule has 22 heavy (non-hydrogen) atoms. The van der Waals surface area contributed by atoms with E-state index >= 15 is 0 Å². The van der Waals surface area contributed by atoms with Gasteiger partial charge in [-0.15, -0.1) is 11.8 Å². The van der Waals surface area contributed by atoms with Crippen LogP contribution in [-0.2, 0) is 19.1 Å². The predicted octanol–water partition coefficient (Wildman–Crippen LogP) is -0.366. The summed E-state index contributed by atoms with van der Waals surface area (Å²) in [7, 11) is 0. The number of fused-ring (bicyclic) bond motifs is 1. The number of amides is 1. The molecule has 1 fully saturated rings. The number of Topliss-reactive ketones (excluding diaryl/α,β-unsaturated/α-hetero) is 1. The number of carbonyl (C=O) groups is 3. The van der Waals surface area contributed by atoms with Crippen LogP contribution in [0.15, 0.2) is 10.6 Å². The van der Waals surface area contributed by atoms with E-state index < -0.39 is 18.0 Å². The summed E-state index contributed by atoms with van der Waals surface area (Å²) in [4.78, 5) is 37.5. The normalized spacial score (nSPS) is 24.9. The van der Waals surface area contributed by atoms with E-state index in [1.807, 2.05) is 0 Å². The first-order valence-electron chi connectivity index (χ1n) is 7.12. The number of rotatable bonds is 7. The van der Waals surface area contributed by atoms with Crippen LogP contribution in [0.1, 0.15) is 20.3 Å². The molecule has 1 amide bonds. The SMILES string of the molecule is CC(=O)COC(=O)C1=C(SCCN)C[C@@H]2[C@@H]([C@@H](C)O)C(=O)N12. The Balaban J connectivity index is 2.19. The van der Waals surface area contributed by atoms with Crippen molar-refractivity contribution in [1.82, 2.24) is 4.90 Å². The van der Waals surface area contributed by atoms with Gasteiger partial charge in [-0.2, -0.15) is 0 Å². The number of hydrogen-bond acceptors (Lipinski definition) is 7. The molecule has 2 aliphatic heterocycles. The third-order valence-corrected chi connectivity index (χ3v) is 4.83. The fourth-order valence-electron chi connectivity index (χ4n) is 2.77. The van der Waals surface area contributed by atoms with Crippen LogP contribution in [0.3, 0.4) is 0 Å². The molecule has 0 aliphatic carbocycles. The van der Waals surface area contributed by atoms with Gasteiger partial charge < -0.3 is 20.5 Å². The van der Waals surface area contributed by atoms with Crippen molar-refractivity contribution in [2.45, 2.75) is 32.4 Å². The summed E-state index contributed by atoms with van der Waals surface area (Å²) >= 11 is 1.41. The van der Waals surface area contributed by atoms with Gasteiger partial charge in [0.05, 0.1) is 18.1 Å². The van der Waals surface area contributed by atoms with E-state index in [1.54, 1.807) is 6.92 Å². The summed E-state index contributed by atoms with van der Waals surface area (Å²) in [6.07, 6.45) is -0.252. The number of carbonyl (C=O) groups excluding carboxylic acids is 3. The highest BCUT2D eigenvalue weighted by Crippen LogP contribution is 2.47. The van der Waals surface area contributed by atoms with Crippen LogP contribution in [-0.4, -0.2) is 58.7 Å².